The van der Waals surface area contributed by atoms with Crippen molar-refractivity contribution >= 4 is 28.6 Å². The number of para-hydroxylation sites is 1. The average Bonchev–Trinajstić information content (AvgIpc) is 2.51. The first kappa shape index (κ1) is 15.0. The van der Waals surface area contributed by atoms with E-state index in [0.717, 1.165) is 10.9 Å². The number of likely N-dealkylation sites (N-methyl/N-ethyl adjacent to an activating group) is 2. The zero-order valence-corrected chi connectivity index (χ0v) is 12.3. The van der Waals surface area contributed by atoms with Crippen LogP contribution in [0.25, 0.3) is 10.9 Å². The largest absolute Gasteiger partial charge is 0.355 e. The van der Waals surface area contributed by atoms with E-state index in [-0.39, 0.29) is 12.5 Å². The Kier molecular flexibility index (Phi) is 4.89. The third-order valence-corrected chi connectivity index (χ3v) is 3.10. The van der Waals surface area contributed by atoms with Gasteiger partial charge in [0.25, 0.3) is 0 Å². The molecule has 0 spiro atoms. The molecule has 1 amide bonds. The second-order valence-corrected chi connectivity index (χ2v) is 4.50. The molecule has 0 aliphatic heterocycles. The molecule has 1 aromatic carbocycles. The monoisotopic (exact) mass is 288 g/mol. The lowest BCUT2D eigenvalue weighted by Gasteiger charge is -2.23. The van der Waals surface area contributed by atoms with Crippen LogP contribution in [0.1, 0.15) is 13.8 Å². The van der Waals surface area contributed by atoms with Crippen molar-refractivity contribution in [3.05, 3.63) is 24.3 Å². The van der Waals surface area contributed by atoms with Crippen LogP contribution in [0.4, 0.5) is 11.8 Å². The quantitative estimate of drug-likeness (QED) is 0.539. The number of carbonyl (C=O) groups excluding carboxylic acids is 1. The Bertz CT molecular complexity index is 630. The Morgan fingerprint density at radius 1 is 1.29 bits per heavy atom. The van der Waals surface area contributed by atoms with Crippen LogP contribution in [0.15, 0.2) is 24.3 Å². The Morgan fingerprint density at radius 3 is 2.71 bits per heavy atom. The SMILES string of the molecule is CCNC(=O)CN(CC)c1nc(NN)nc2ccccc12. The fraction of sp³-hybridized carbons (Fsp3) is 0.357. The number of rotatable bonds is 6. The van der Waals surface area contributed by atoms with Crippen LogP contribution in [0.2, 0.25) is 0 Å². The summed E-state index contributed by atoms with van der Waals surface area (Å²) >= 11 is 0. The van der Waals surface area contributed by atoms with Crippen molar-refractivity contribution in [3.8, 4) is 0 Å². The molecule has 1 aromatic heterocycles. The number of fused-ring (bicyclic) bond motifs is 1. The summed E-state index contributed by atoms with van der Waals surface area (Å²) in [6.45, 7) is 5.38. The van der Waals surface area contributed by atoms with Crippen LogP contribution >= 0.6 is 0 Å². The van der Waals surface area contributed by atoms with Gasteiger partial charge in [0.2, 0.25) is 11.9 Å². The Balaban J connectivity index is 2.44. The van der Waals surface area contributed by atoms with Gasteiger partial charge >= 0.3 is 0 Å². The molecule has 7 nitrogen and oxygen atoms in total. The molecule has 21 heavy (non-hydrogen) atoms. The molecule has 0 aliphatic rings. The lowest BCUT2D eigenvalue weighted by atomic mass is 10.2. The molecule has 0 saturated heterocycles. The summed E-state index contributed by atoms with van der Waals surface area (Å²) in [7, 11) is 0. The van der Waals surface area contributed by atoms with Gasteiger partial charge in [-0.1, -0.05) is 12.1 Å². The summed E-state index contributed by atoms with van der Waals surface area (Å²) in [5.74, 6) is 6.42. The zero-order valence-electron chi connectivity index (χ0n) is 12.3. The summed E-state index contributed by atoms with van der Waals surface area (Å²) in [4.78, 5) is 22.5. The summed E-state index contributed by atoms with van der Waals surface area (Å²) in [5, 5.41) is 3.68. The molecule has 112 valence electrons. The minimum Gasteiger partial charge on any atom is -0.355 e. The van der Waals surface area contributed by atoms with E-state index in [9.17, 15) is 4.79 Å². The van der Waals surface area contributed by atoms with Crippen molar-refractivity contribution in [2.45, 2.75) is 13.8 Å². The Hall–Kier alpha value is -2.41. The number of nitrogens with two attached hydrogens (primary N) is 1. The molecule has 0 bridgehead atoms. The van der Waals surface area contributed by atoms with Gasteiger partial charge in [-0.15, -0.1) is 0 Å². The van der Waals surface area contributed by atoms with E-state index in [1.54, 1.807) is 0 Å². The lowest BCUT2D eigenvalue weighted by molar-refractivity contribution is -0.119. The highest BCUT2D eigenvalue weighted by Crippen LogP contribution is 2.24. The molecular weight excluding hydrogens is 268 g/mol. The predicted molar refractivity (Wildman–Crippen MR) is 83.9 cm³/mol. The molecule has 0 unspecified atom stereocenters. The van der Waals surface area contributed by atoms with E-state index < -0.39 is 0 Å². The predicted octanol–water partition coefficient (Wildman–Crippen LogP) is 0.878. The van der Waals surface area contributed by atoms with E-state index in [2.05, 4.69) is 20.7 Å². The van der Waals surface area contributed by atoms with E-state index in [1.807, 2.05) is 43.0 Å². The molecule has 0 aliphatic carbocycles. The number of hydrazine groups is 1. The number of aromatic nitrogens is 2. The summed E-state index contributed by atoms with van der Waals surface area (Å²) in [6.07, 6.45) is 0. The first-order valence-electron chi connectivity index (χ1n) is 6.94. The van der Waals surface area contributed by atoms with Crippen LogP contribution in [-0.4, -0.2) is 35.5 Å². The second kappa shape index (κ2) is 6.85. The van der Waals surface area contributed by atoms with Gasteiger partial charge in [0.1, 0.15) is 5.82 Å². The first-order chi connectivity index (χ1) is 10.2. The van der Waals surface area contributed by atoms with Gasteiger partial charge in [-0.2, -0.15) is 4.98 Å². The van der Waals surface area contributed by atoms with Crippen molar-refractivity contribution in [3.63, 3.8) is 0 Å². The fourth-order valence-electron chi connectivity index (χ4n) is 2.13. The highest BCUT2D eigenvalue weighted by molar-refractivity contribution is 5.92. The molecule has 0 radical (unpaired) electrons. The maximum absolute atomic E-state index is 11.8. The van der Waals surface area contributed by atoms with Crippen molar-refractivity contribution in [1.82, 2.24) is 15.3 Å². The molecule has 1 heterocycles. The standard InChI is InChI=1S/C14H20N6O/c1-3-16-12(21)9-20(4-2)13-10-7-5-6-8-11(10)17-14(18-13)19-15/h5-8H,3-4,9,15H2,1-2H3,(H,16,21)(H,17,18,19). The fourth-order valence-corrected chi connectivity index (χ4v) is 2.13. The Morgan fingerprint density at radius 2 is 2.05 bits per heavy atom. The van der Waals surface area contributed by atoms with Crippen LogP contribution < -0.4 is 21.5 Å². The number of nitrogen functional groups attached to an aromatic ring is 1. The number of carbonyl (C=O) groups is 1. The normalized spacial score (nSPS) is 10.4. The third-order valence-electron chi connectivity index (χ3n) is 3.10. The van der Waals surface area contributed by atoms with Gasteiger partial charge in [0, 0.05) is 18.5 Å². The van der Waals surface area contributed by atoms with Crippen molar-refractivity contribution < 1.29 is 4.79 Å². The van der Waals surface area contributed by atoms with Crippen LogP contribution in [0, 0.1) is 0 Å². The number of benzene rings is 1. The van der Waals surface area contributed by atoms with Gasteiger partial charge in [-0.25, -0.2) is 10.8 Å². The molecule has 0 fully saturated rings. The summed E-state index contributed by atoms with van der Waals surface area (Å²) in [6, 6.07) is 7.65. The van der Waals surface area contributed by atoms with Crippen LogP contribution in [-0.2, 0) is 4.79 Å². The lowest BCUT2D eigenvalue weighted by Crippen LogP contribution is -2.37. The summed E-state index contributed by atoms with van der Waals surface area (Å²) < 4.78 is 0. The molecule has 2 rings (SSSR count). The van der Waals surface area contributed by atoms with E-state index in [0.29, 0.717) is 24.9 Å². The van der Waals surface area contributed by atoms with Gasteiger partial charge in [0.15, 0.2) is 0 Å². The third kappa shape index (κ3) is 3.38. The van der Waals surface area contributed by atoms with E-state index >= 15 is 0 Å². The van der Waals surface area contributed by atoms with Gasteiger partial charge in [-0.05, 0) is 26.0 Å². The molecule has 7 heteroatoms. The number of hydrogen-bond acceptors (Lipinski definition) is 6. The van der Waals surface area contributed by atoms with Gasteiger partial charge in [0.05, 0.1) is 12.1 Å². The van der Waals surface area contributed by atoms with Crippen molar-refractivity contribution in [1.29, 1.82) is 0 Å². The van der Waals surface area contributed by atoms with Gasteiger partial charge < -0.3 is 10.2 Å². The van der Waals surface area contributed by atoms with Gasteiger partial charge in [-0.3, -0.25) is 10.2 Å². The van der Waals surface area contributed by atoms with Crippen molar-refractivity contribution in [2.24, 2.45) is 5.84 Å². The van der Waals surface area contributed by atoms with Crippen LogP contribution in [0.3, 0.4) is 0 Å². The number of hydrogen-bond donors (Lipinski definition) is 3. The maximum Gasteiger partial charge on any atom is 0.239 e. The minimum absolute atomic E-state index is 0.0377. The topological polar surface area (TPSA) is 96.2 Å². The number of nitrogens with one attached hydrogen (secondary N) is 2. The smallest absolute Gasteiger partial charge is 0.239 e. The highest BCUT2D eigenvalue weighted by Gasteiger charge is 2.15. The molecule has 2 aromatic rings. The molecule has 0 atom stereocenters. The zero-order chi connectivity index (χ0) is 15.2. The van der Waals surface area contributed by atoms with Crippen molar-refractivity contribution in [2.75, 3.05) is 30.0 Å². The van der Waals surface area contributed by atoms with Crippen LogP contribution in [0.5, 0.6) is 0 Å². The second-order valence-electron chi connectivity index (χ2n) is 4.50. The summed E-state index contributed by atoms with van der Waals surface area (Å²) in [5.41, 5.74) is 3.25. The van der Waals surface area contributed by atoms with E-state index in [1.165, 1.54) is 0 Å². The Labute approximate surface area is 123 Å². The average molecular weight is 288 g/mol. The first-order valence-corrected chi connectivity index (χ1v) is 6.94. The van der Waals surface area contributed by atoms with E-state index in [4.69, 9.17) is 5.84 Å². The molecular formula is C14H20N6O. The molecule has 0 saturated carbocycles. The number of nitrogens with zero attached hydrogens (tertiary/aromatic N) is 3. The minimum atomic E-state index is -0.0377. The maximum atomic E-state index is 11.8. The molecule has 4 N–H and O–H groups in total. The number of anilines is 2. The number of amides is 1. The highest BCUT2D eigenvalue weighted by atomic mass is 16.2.